The summed E-state index contributed by atoms with van der Waals surface area (Å²) in [5, 5.41) is 3.28. The molecule has 1 aliphatic heterocycles. The van der Waals surface area contributed by atoms with Gasteiger partial charge in [0, 0.05) is 12.2 Å². The molecule has 1 N–H and O–H groups in total. The highest BCUT2D eigenvalue weighted by Crippen LogP contribution is 2.09. The molecule has 1 nitrogen and oxygen atoms in total. The van der Waals surface area contributed by atoms with E-state index in [4.69, 9.17) is 0 Å². The Hall–Kier alpha value is -0.720. The van der Waals surface area contributed by atoms with Crippen LogP contribution in [0.2, 0.25) is 0 Å². The minimum Gasteiger partial charge on any atom is -0.385 e. The maximum absolute atomic E-state index is 3.85. The molecule has 0 aromatic rings. The Morgan fingerprint density at radius 3 is 2.89 bits per heavy atom. The monoisotopic (exact) mass is 123 g/mol. The number of rotatable bonds is 1. The number of nitrogens with one attached hydrogen (secondary N) is 1. The van der Waals surface area contributed by atoms with E-state index in [9.17, 15) is 0 Å². The molecule has 50 valence electrons. The molecular weight excluding hydrogens is 110 g/mol. The first kappa shape index (κ1) is 6.40. The van der Waals surface area contributed by atoms with Crippen LogP contribution < -0.4 is 5.32 Å². The molecule has 1 heteroatoms. The van der Waals surface area contributed by atoms with Crippen LogP contribution in [0.3, 0.4) is 0 Å². The zero-order chi connectivity index (χ0) is 6.69. The van der Waals surface area contributed by atoms with Gasteiger partial charge < -0.3 is 5.32 Å². The highest BCUT2D eigenvalue weighted by Gasteiger charge is 2.00. The smallest absolute Gasteiger partial charge is 0.0323 e. The molecule has 1 aliphatic rings. The standard InChI is InChI=1S/C8H13N/c1-7(2)8-5-3-4-6-9-8/h5,9H,1,3-4,6H2,2H3. The van der Waals surface area contributed by atoms with E-state index in [0.717, 1.165) is 12.1 Å². The van der Waals surface area contributed by atoms with Crippen LogP contribution in [0, 0.1) is 0 Å². The van der Waals surface area contributed by atoms with E-state index >= 15 is 0 Å². The highest BCUT2D eigenvalue weighted by molar-refractivity contribution is 5.25. The summed E-state index contributed by atoms with van der Waals surface area (Å²) in [6.07, 6.45) is 4.68. The molecule has 0 aliphatic carbocycles. The van der Waals surface area contributed by atoms with Crippen molar-refractivity contribution in [1.82, 2.24) is 5.32 Å². The van der Waals surface area contributed by atoms with Crippen LogP contribution in [-0.2, 0) is 0 Å². The third-order valence-corrected chi connectivity index (χ3v) is 1.50. The Morgan fingerprint density at radius 2 is 2.56 bits per heavy atom. The van der Waals surface area contributed by atoms with Gasteiger partial charge in [0.15, 0.2) is 0 Å². The maximum atomic E-state index is 3.85. The fraction of sp³-hybridized carbons (Fsp3) is 0.500. The molecule has 0 amide bonds. The van der Waals surface area contributed by atoms with Gasteiger partial charge in [-0.1, -0.05) is 12.7 Å². The molecular formula is C8H13N. The Kier molecular flexibility index (Phi) is 1.93. The van der Waals surface area contributed by atoms with Crippen molar-refractivity contribution >= 4 is 0 Å². The van der Waals surface area contributed by atoms with Crippen molar-refractivity contribution in [2.75, 3.05) is 6.54 Å². The van der Waals surface area contributed by atoms with Crippen molar-refractivity contribution in [3.05, 3.63) is 23.9 Å². The quantitative estimate of drug-likeness (QED) is 0.561. The summed E-state index contributed by atoms with van der Waals surface area (Å²) in [4.78, 5) is 0. The summed E-state index contributed by atoms with van der Waals surface area (Å²) in [6.45, 7) is 6.99. The predicted molar refractivity (Wildman–Crippen MR) is 40.1 cm³/mol. The van der Waals surface area contributed by atoms with Crippen LogP contribution in [0.15, 0.2) is 23.9 Å². The fourth-order valence-corrected chi connectivity index (χ4v) is 0.969. The second-order valence-electron chi connectivity index (χ2n) is 2.47. The lowest BCUT2D eigenvalue weighted by Gasteiger charge is -2.14. The summed E-state index contributed by atoms with van der Waals surface area (Å²) in [5.41, 5.74) is 2.39. The van der Waals surface area contributed by atoms with E-state index < -0.39 is 0 Å². The van der Waals surface area contributed by atoms with Gasteiger partial charge in [-0.25, -0.2) is 0 Å². The zero-order valence-corrected chi connectivity index (χ0v) is 5.91. The molecule has 9 heavy (non-hydrogen) atoms. The molecule has 1 rings (SSSR count). The molecule has 1 heterocycles. The molecule has 0 spiro atoms. The van der Waals surface area contributed by atoms with Gasteiger partial charge in [-0.05, 0) is 25.3 Å². The second kappa shape index (κ2) is 2.72. The minimum atomic E-state index is 1.11. The van der Waals surface area contributed by atoms with Crippen LogP contribution >= 0.6 is 0 Å². The van der Waals surface area contributed by atoms with Gasteiger partial charge >= 0.3 is 0 Å². The van der Waals surface area contributed by atoms with E-state index in [0.29, 0.717) is 0 Å². The Labute approximate surface area is 56.5 Å². The third kappa shape index (κ3) is 1.60. The van der Waals surface area contributed by atoms with Crippen molar-refractivity contribution in [2.24, 2.45) is 0 Å². The zero-order valence-electron chi connectivity index (χ0n) is 5.91. The lowest BCUT2D eigenvalue weighted by molar-refractivity contribution is 0.696. The first-order valence-electron chi connectivity index (χ1n) is 3.40. The Morgan fingerprint density at radius 1 is 1.78 bits per heavy atom. The first-order valence-corrected chi connectivity index (χ1v) is 3.40. The molecule has 0 fully saturated rings. The van der Waals surface area contributed by atoms with Gasteiger partial charge in [0.1, 0.15) is 0 Å². The van der Waals surface area contributed by atoms with Gasteiger partial charge in [0.2, 0.25) is 0 Å². The fourth-order valence-electron chi connectivity index (χ4n) is 0.969. The van der Waals surface area contributed by atoms with Gasteiger partial charge in [-0.2, -0.15) is 0 Å². The van der Waals surface area contributed by atoms with Crippen molar-refractivity contribution in [2.45, 2.75) is 19.8 Å². The molecule has 0 aromatic heterocycles. The summed E-state index contributed by atoms with van der Waals surface area (Å²) in [6, 6.07) is 0. The largest absolute Gasteiger partial charge is 0.385 e. The second-order valence-corrected chi connectivity index (χ2v) is 2.47. The van der Waals surface area contributed by atoms with E-state index in [-0.39, 0.29) is 0 Å². The first-order chi connectivity index (χ1) is 4.30. The predicted octanol–water partition coefficient (Wildman–Crippen LogP) is 1.83. The van der Waals surface area contributed by atoms with E-state index in [1.807, 2.05) is 6.92 Å². The lowest BCUT2D eigenvalue weighted by atomic mass is 10.1. The minimum absolute atomic E-state index is 1.11. The SMILES string of the molecule is C=C(C)C1=CCCCN1. The van der Waals surface area contributed by atoms with Gasteiger partial charge in [0.25, 0.3) is 0 Å². The van der Waals surface area contributed by atoms with E-state index in [1.165, 1.54) is 18.5 Å². The average Bonchev–Trinajstić information content (AvgIpc) is 1.90. The summed E-state index contributed by atoms with van der Waals surface area (Å²) in [7, 11) is 0. The van der Waals surface area contributed by atoms with Crippen LogP contribution in [-0.4, -0.2) is 6.54 Å². The lowest BCUT2D eigenvalue weighted by Crippen LogP contribution is -2.18. The topological polar surface area (TPSA) is 12.0 Å². The van der Waals surface area contributed by atoms with Crippen molar-refractivity contribution < 1.29 is 0 Å². The Bertz CT molecular complexity index is 145. The number of hydrogen-bond donors (Lipinski definition) is 1. The van der Waals surface area contributed by atoms with Gasteiger partial charge in [-0.3, -0.25) is 0 Å². The third-order valence-electron chi connectivity index (χ3n) is 1.50. The van der Waals surface area contributed by atoms with Crippen molar-refractivity contribution in [3.63, 3.8) is 0 Å². The summed E-state index contributed by atoms with van der Waals surface area (Å²) in [5.74, 6) is 0. The normalized spacial score (nSPS) is 18.1. The molecule has 0 aromatic carbocycles. The van der Waals surface area contributed by atoms with E-state index in [1.54, 1.807) is 0 Å². The Balaban J connectivity index is 2.57. The molecule has 0 saturated heterocycles. The summed E-state index contributed by atoms with van der Waals surface area (Å²) < 4.78 is 0. The van der Waals surface area contributed by atoms with Gasteiger partial charge in [-0.15, -0.1) is 0 Å². The summed E-state index contributed by atoms with van der Waals surface area (Å²) >= 11 is 0. The van der Waals surface area contributed by atoms with Crippen LogP contribution in [0.25, 0.3) is 0 Å². The number of allylic oxidation sites excluding steroid dienone is 2. The maximum Gasteiger partial charge on any atom is 0.0323 e. The number of hydrogen-bond acceptors (Lipinski definition) is 1. The van der Waals surface area contributed by atoms with Crippen LogP contribution in [0.1, 0.15) is 19.8 Å². The highest BCUT2D eigenvalue weighted by atomic mass is 14.9. The van der Waals surface area contributed by atoms with Gasteiger partial charge in [0.05, 0.1) is 0 Å². The van der Waals surface area contributed by atoms with Crippen molar-refractivity contribution in [1.29, 1.82) is 0 Å². The van der Waals surface area contributed by atoms with Crippen LogP contribution in [0.4, 0.5) is 0 Å². The average molecular weight is 123 g/mol. The molecule has 0 bridgehead atoms. The molecule has 0 unspecified atom stereocenters. The molecule has 0 saturated carbocycles. The molecule has 0 atom stereocenters. The van der Waals surface area contributed by atoms with E-state index in [2.05, 4.69) is 18.0 Å². The van der Waals surface area contributed by atoms with Crippen LogP contribution in [0.5, 0.6) is 0 Å². The molecule has 0 radical (unpaired) electrons. The van der Waals surface area contributed by atoms with Crippen molar-refractivity contribution in [3.8, 4) is 0 Å².